The third-order valence-corrected chi connectivity index (χ3v) is 7.75. The lowest BCUT2D eigenvalue weighted by Crippen LogP contribution is -2.49. The zero-order chi connectivity index (χ0) is 22.5. The van der Waals surface area contributed by atoms with Gasteiger partial charge in [-0.15, -0.1) is 0 Å². The third-order valence-electron chi connectivity index (χ3n) is 5.59. The summed E-state index contributed by atoms with van der Waals surface area (Å²) in [6.45, 7) is 1.69. The maximum absolute atomic E-state index is 13.0. The molecule has 32 heavy (non-hydrogen) atoms. The highest BCUT2D eigenvalue weighted by Gasteiger charge is 2.30. The molecule has 1 saturated heterocycles. The summed E-state index contributed by atoms with van der Waals surface area (Å²) in [6, 6.07) is 6.24. The lowest BCUT2D eigenvalue weighted by molar-refractivity contribution is 0.384. The van der Waals surface area contributed by atoms with Crippen molar-refractivity contribution in [2.24, 2.45) is 14.1 Å². The smallest absolute Gasteiger partial charge is 0.243 e. The first-order valence-electron chi connectivity index (χ1n) is 10.0. The molecule has 1 aliphatic rings. The molecule has 1 fully saturated rings. The summed E-state index contributed by atoms with van der Waals surface area (Å²) >= 11 is 5.90. The Bertz CT molecular complexity index is 1390. The number of piperazine rings is 1. The Kier molecular flexibility index (Phi) is 5.11. The molecule has 0 atom stereocenters. The maximum atomic E-state index is 13.0. The van der Waals surface area contributed by atoms with Crippen LogP contribution in [0.5, 0.6) is 0 Å². The number of sulfonamides is 1. The van der Waals surface area contributed by atoms with Crippen LogP contribution in [0.2, 0.25) is 5.02 Å². The van der Waals surface area contributed by atoms with E-state index in [0.717, 1.165) is 11.4 Å². The topological polar surface area (TPSA) is 102 Å². The average Bonchev–Trinajstić information content (AvgIpc) is 3.37. The highest BCUT2D eigenvalue weighted by molar-refractivity contribution is 7.89. The number of benzene rings is 1. The summed E-state index contributed by atoms with van der Waals surface area (Å²) in [7, 11) is 0.187. The van der Waals surface area contributed by atoms with E-state index in [0.29, 0.717) is 48.2 Å². The summed E-state index contributed by atoms with van der Waals surface area (Å²) in [5, 5.41) is 4.73. The molecule has 0 bridgehead atoms. The molecular weight excluding hydrogens is 452 g/mol. The number of imidazole rings is 1. The summed E-state index contributed by atoms with van der Waals surface area (Å²) in [5.74, 6) is 1.45. The SMILES string of the molecule is Cn1cc(-c2nc3c(N4CCN(S(=O)(=O)c5ccc(Cl)cc5)CC4)ncnc3n2C)cn1. The number of hydrogen-bond donors (Lipinski definition) is 0. The van der Waals surface area contributed by atoms with Gasteiger partial charge in [-0.2, -0.15) is 9.40 Å². The van der Waals surface area contributed by atoms with Gasteiger partial charge in [0.15, 0.2) is 17.0 Å². The van der Waals surface area contributed by atoms with Crippen LogP contribution in [0.15, 0.2) is 47.9 Å². The van der Waals surface area contributed by atoms with Crippen LogP contribution in [-0.4, -0.2) is 68.2 Å². The van der Waals surface area contributed by atoms with Crippen molar-refractivity contribution in [2.75, 3.05) is 31.1 Å². The minimum absolute atomic E-state index is 0.241. The second-order valence-electron chi connectivity index (χ2n) is 7.61. The summed E-state index contributed by atoms with van der Waals surface area (Å²) in [6.07, 6.45) is 5.17. The molecule has 4 aromatic rings. The Morgan fingerprint density at radius 1 is 1.00 bits per heavy atom. The predicted octanol–water partition coefficient (Wildman–Crippen LogP) is 1.93. The zero-order valence-electron chi connectivity index (χ0n) is 17.6. The second-order valence-corrected chi connectivity index (χ2v) is 9.99. The molecule has 0 amide bonds. The Labute approximate surface area is 190 Å². The lowest BCUT2D eigenvalue weighted by atomic mass is 10.3. The molecule has 0 radical (unpaired) electrons. The first kappa shape index (κ1) is 20.9. The van der Waals surface area contributed by atoms with Crippen molar-refractivity contribution in [3.05, 3.63) is 48.0 Å². The molecule has 5 rings (SSSR count). The van der Waals surface area contributed by atoms with Gasteiger partial charge in [0.05, 0.1) is 16.7 Å². The third kappa shape index (κ3) is 3.51. The number of anilines is 1. The van der Waals surface area contributed by atoms with E-state index in [1.54, 1.807) is 23.0 Å². The van der Waals surface area contributed by atoms with Crippen molar-refractivity contribution in [3.63, 3.8) is 0 Å². The van der Waals surface area contributed by atoms with Crippen molar-refractivity contribution in [1.82, 2.24) is 33.6 Å². The molecule has 0 aliphatic carbocycles. The minimum Gasteiger partial charge on any atom is -0.352 e. The minimum atomic E-state index is -3.58. The van der Waals surface area contributed by atoms with Gasteiger partial charge in [0.1, 0.15) is 12.2 Å². The van der Waals surface area contributed by atoms with Crippen LogP contribution < -0.4 is 4.90 Å². The van der Waals surface area contributed by atoms with Gasteiger partial charge >= 0.3 is 0 Å². The molecule has 0 saturated carbocycles. The largest absolute Gasteiger partial charge is 0.352 e. The molecule has 166 valence electrons. The molecule has 1 aromatic carbocycles. The Morgan fingerprint density at radius 2 is 1.72 bits per heavy atom. The van der Waals surface area contributed by atoms with E-state index in [9.17, 15) is 8.42 Å². The van der Waals surface area contributed by atoms with Gasteiger partial charge in [-0.05, 0) is 24.3 Å². The number of hydrogen-bond acceptors (Lipinski definition) is 7. The van der Waals surface area contributed by atoms with Gasteiger partial charge < -0.3 is 9.47 Å². The van der Waals surface area contributed by atoms with Gasteiger partial charge in [-0.1, -0.05) is 11.6 Å². The van der Waals surface area contributed by atoms with E-state index in [1.807, 2.05) is 24.9 Å². The van der Waals surface area contributed by atoms with Gasteiger partial charge in [0.25, 0.3) is 0 Å². The van der Waals surface area contributed by atoms with Crippen molar-refractivity contribution < 1.29 is 8.42 Å². The van der Waals surface area contributed by atoms with Crippen LogP contribution in [0, 0.1) is 0 Å². The van der Waals surface area contributed by atoms with Crippen molar-refractivity contribution >= 4 is 38.6 Å². The molecule has 0 N–H and O–H groups in total. The van der Waals surface area contributed by atoms with E-state index >= 15 is 0 Å². The van der Waals surface area contributed by atoms with E-state index in [2.05, 4.69) is 20.0 Å². The van der Waals surface area contributed by atoms with Crippen LogP contribution >= 0.6 is 11.6 Å². The maximum Gasteiger partial charge on any atom is 0.243 e. The molecule has 3 aromatic heterocycles. The van der Waals surface area contributed by atoms with E-state index in [4.69, 9.17) is 16.6 Å². The molecular formula is C20H21ClN8O2S. The number of halogens is 1. The van der Waals surface area contributed by atoms with Crippen LogP contribution in [0.1, 0.15) is 0 Å². The van der Waals surface area contributed by atoms with Crippen molar-refractivity contribution in [3.8, 4) is 11.4 Å². The second kappa shape index (κ2) is 7.84. The predicted molar refractivity (Wildman–Crippen MR) is 121 cm³/mol. The van der Waals surface area contributed by atoms with Gasteiger partial charge in [-0.3, -0.25) is 4.68 Å². The number of fused-ring (bicyclic) bond motifs is 1. The number of aromatic nitrogens is 6. The first-order chi connectivity index (χ1) is 15.3. The lowest BCUT2D eigenvalue weighted by Gasteiger charge is -2.34. The van der Waals surface area contributed by atoms with Gasteiger partial charge in [-0.25, -0.2) is 23.4 Å². The number of rotatable bonds is 4. The van der Waals surface area contributed by atoms with E-state index < -0.39 is 10.0 Å². The summed E-state index contributed by atoms with van der Waals surface area (Å²) in [5.41, 5.74) is 2.28. The van der Waals surface area contributed by atoms with E-state index in [1.165, 1.54) is 22.8 Å². The summed E-state index contributed by atoms with van der Waals surface area (Å²) in [4.78, 5) is 16.0. The Morgan fingerprint density at radius 3 is 2.38 bits per heavy atom. The van der Waals surface area contributed by atoms with Crippen LogP contribution in [0.3, 0.4) is 0 Å². The van der Waals surface area contributed by atoms with E-state index in [-0.39, 0.29) is 4.90 Å². The average molecular weight is 473 g/mol. The highest BCUT2D eigenvalue weighted by Crippen LogP contribution is 2.28. The fraction of sp³-hybridized carbons (Fsp3) is 0.300. The molecule has 4 heterocycles. The van der Waals surface area contributed by atoms with Crippen LogP contribution in [0.25, 0.3) is 22.6 Å². The molecule has 0 unspecified atom stereocenters. The monoisotopic (exact) mass is 472 g/mol. The van der Waals surface area contributed by atoms with Crippen LogP contribution in [-0.2, 0) is 24.1 Å². The quantitative estimate of drug-likeness (QED) is 0.447. The number of nitrogens with zero attached hydrogens (tertiary/aromatic N) is 8. The van der Waals surface area contributed by atoms with Gasteiger partial charge in [0.2, 0.25) is 10.0 Å². The Hall–Kier alpha value is -3.02. The molecule has 10 nitrogen and oxygen atoms in total. The summed E-state index contributed by atoms with van der Waals surface area (Å²) < 4.78 is 31.1. The fourth-order valence-electron chi connectivity index (χ4n) is 3.91. The fourth-order valence-corrected chi connectivity index (χ4v) is 5.46. The molecule has 12 heteroatoms. The Balaban J connectivity index is 1.41. The zero-order valence-corrected chi connectivity index (χ0v) is 19.1. The first-order valence-corrected chi connectivity index (χ1v) is 11.8. The van der Waals surface area contributed by atoms with Crippen molar-refractivity contribution in [1.29, 1.82) is 0 Å². The molecule has 1 aliphatic heterocycles. The highest BCUT2D eigenvalue weighted by atomic mass is 35.5. The van der Waals surface area contributed by atoms with Crippen molar-refractivity contribution in [2.45, 2.75) is 4.90 Å². The molecule has 0 spiro atoms. The normalized spacial score (nSPS) is 15.5. The standard InChI is InChI=1S/C20H21ClN8O2S/c1-26-12-14(11-24-26)18-25-17-19(27(18)2)22-13-23-20(17)28-7-9-29(10-8-28)32(30,31)16-5-3-15(21)4-6-16/h3-6,11-13H,7-10H2,1-2H3. The number of aryl methyl sites for hydroxylation is 2. The van der Waals surface area contributed by atoms with Gasteiger partial charge in [0, 0.05) is 51.5 Å². The van der Waals surface area contributed by atoms with Crippen LogP contribution in [0.4, 0.5) is 5.82 Å².